The van der Waals surface area contributed by atoms with Crippen LogP contribution in [0.2, 0.25) is 0 Å². The fourth-order valence-corrected chi connectivity index (χ4v) is 3.04. The van der Waals surface area contributed by atoms with Gasteiger partial charge < -0.3 is 10.1 Å². The molecule has 1 unspecified atom stereocenters. The van der Waals surface area contributed by atoms with Crippen LogP contribution in [0.3, 0.4) is 0 Å². The minimum absolute atomic E-state index is 0. The van der Waals surface area contributed by atoms with Crippen LogP contribution in [0.15, 0.2) is 36.5 Å². The first kappa shape index (κ1) is 16.6. The maximum absolute atomic E-state index is 12.0. The van der Waals surface area contributed by atoms with E-state index in [4.69, 9.17) is 4.74 Å². The van der Waals surface area contributed by atoms with Crippen molar-refractivity contribution in [1.82, 2.24) is 10.3 Å². The normalized spacial score (nSPS) is 16.7. The zero-order valence-corrected chi connectivity index (χ0v) is 13.9. The molecule has 1 N–H and O–H groups in total. The molecule has 0 spiro atoms. The van der Waals surface area contributed by atoms with E-state index in [-0.39, 0.29) is 13.4 Å². The summed E-state index contributed by atoms with van der Waals surface area (Å²) in [5.41, 5.74) is 1.09. The molecule has 5 heteroatoms. The van der Waals surface area contributed by atoms with Gasteiger partial charge in [-0.2, -0.15) is 0 Å². The molecule has 1 amide bonds. The van der Waals surface area contributed by atoms with Gasteiger partial charge in [0.15, 0.2) is 5.01 Å². The molecule has 0 aliphatic carbocycles. The molecule has 4 nitrogen and oxygen atoms in total. The number of rotatable bonds is 4. The third-order valence-electron chi connectivity index (χ3n) is 3.27. The Morgan fingerprint density at radius 3 is 2.86 bits per heavy atom. The molecule has 1 saturated heterocycles. The lowest BCUT2D eigenvalue weighted by atomic mass is 10.2. The maximum Gasteiger partial charge on any atom is 0.280 e. The molecule has 1 aliphatic rings. The van der Waals surface area contributed by atoms with Gasteiger partial charge in [-0.3, -0.25) is 4.79 Å². The fraction of sp³-hybridized carbons (Fsp3) is 0.412. The number of carbonyl (C=O) groups excluding carboxylic acids is 1. The number of thiazole rings is 1. The van der Waals surface area contributed by atoms with Gasteiger partial charge in [0.2, 0.25) is 0 Å². The Balaban J connectivity index is 0.000000849. The molecule has 0 bridgehead atoms. The lowest BCUT2D eigenvalue weighted by Gasteiger charge is -2.09. The van der Waals surface area contributed by atoms with Crippen molar-refractivity contribution in [3.8, 4) is 10.4 Å². The Labute approximate surface area is 137 Å². The van der Waals surface area contributed by atoms with Gasteiger partial charge in [0.05, 0.1) is 11.0 Å². The van der Waals surface area contributed by atoms with Crippen molar-refractivity contribution in [1.29, 1.82) is 0 Å². The molecule has 22 heavy (non-hydrogen) atoms. The largest absolute Gasteiger partial charge is 0.376 e. The number of benzene rings is 1. The fourth-order valence-electron chi connectivity index (χ4n) is 2.20. The quantitative estimate of drug-likeness (QED) is 0.926. The molecule has 1 fully saturated rings. The highest BCUT2D eigenvalue weighted by molar-refractivity contribution is 7.16. The SMILES string of the molecule is CC.O=C(NCC1CCCO1)c1ncc(-c2ccccc2)s1.[HH]. The van der Waals surface area contributed by atoms with Crippen LogP contribution in [-0.4, -0.2) is 30.1 Å². The molecular weight excluding hydrogens is 296 g/mol. The first-order valence-corrected chi connectivity index (χ1v) is 8.55. The molecule has 1 aromatic heterocycles. The second-order valence-corrected chi connectivity index (χ2v) is 5.77. The number of nitrogens with one attached hydrogen (secondary N) is 1. The molecule has 120 valence electrons. The predicted molar refractivity (Wildman–Crippen MR) is 92.3 cm³/mol. The van der Waals surface area contributed by atoms with Crippen LogP contribution in [-0.2, 0) is 4.74 Å². The number of ether oxygens (including phenoxy) is 1. The smallest absolute Gasteiger partial charge is 0.280 e. The first-order chi connectivity index (χ1) is 10.8. The van der Waals surface area contributed by atoms with Gasteiger partial charge in [0.1, 0.15) is 0 Å². The minimum atomic E-state index is -0.118. The molecule has 2 heterocycles. The minimum Gasteiger partial charge on any atom is -0.376 e. The van der Waals surface area contributed by atoms with E-state index in [0.29, 0.717) is 11.6 Å². The summed E-state index contributed by atoms with van der Waals surface area (Å²) in [6.07, 6.45) is 4.01. The average molecular weight is 320 g/mol. The second-order valence-electron chi connectivity index (χ2n) is 4.74. The summed E-state index contributed by atoms with van der Waals surface area (Å²) in [6.45, 7) is 5.37. The van der Waals surface area contributed by atoms with Gasteiger partial charge in [-0.15, -0.1) is 11.3 Å². The molecule has 0 radical (unpaired) electrons. The van der Waals surface area contributed by atoms with Gasteiger partial charge in [0, 0.05) is 20.8 Å². The Bertz CT molecular complexity index is 583. The molecule has 2 aromatic rings. The van der Waals surface area contributed by atoms with Crippen LogP contribution in [0.5, 0.6) is 0 Å². The maximum atomic E-state index is 12.0. The van der Waals surface area contributed by atoms with E-state index in [9.17, 15) is 4.79 Å². The first-order valence-electron chi connectivity index (χ1n) is 7.74. The summed E-state index contributed by atoms with van der Waals surface area (Å²) in [4.78, 5) is 17.2. The molecule has 1 aliphatic heterocycles. The number of carbonyl (C=O) groups is 1. The van der Waals surface area contributed by atoms with E-state index >= 15 is 0 Å². The number of nitrogens with zero attached hydrogens (tertiary/aromatic N) is 1. The van der Waals surface area contributed by atoms with Crippen LogP contribution >= 0.6 is 11.3 Å². The van der Waals surface area contributed by atoms with Gasteiger partial charge >= 0.3 is 0 Å². The summed E-state index contributed by atoms with van der Waals surface area (Å²) < 4.78 is 5.48. The van der Waals surface area contributed by atoms with Crippen LogP contribution < -0.4 is 5.32 Å². The Kier molecular flexibility index (Phi) is 6.55. The van der Waals surface area contributed by atoms with E-state index in [1.165, 1.54) is 11.3 Å². The van der Waals surface area contributed by atoms with Gasteiger partial charge in [-0.25, -0.2) is 4.98 Å². The predicted octanol–water partition coefficient (Wildman–Crippen LogP) is 3.99. The van der Waals surface area contributed by atoms with Crippen molar-refractivity contribution in [3.05, 3.63) is 41.5 Å². The Hall–Kier alpha value is -1.72. The van der Waals surface area contributed by atoms with Crippen LogP contribution in [0.4, 0.5) is 0 Å². The van der Waals surface area contributed by atoms with Crippen LogP contribution in [0.25, 0.3) is 10.4 Å². The van der Waals surface area contributed by atoms with Gasteiger partial charge in [-0.1, -0.05) is 44.2 Å². The van der Waals surface area contributed by atoms with E-state index in [1.54, 1.807) is 6.20 Å². The Morgan fingerprint density at radius 2 is 2.18 bits per heavy atom. The lowest BCUT2D eigenvalue weighted by molar-refractivity contribution is 0.0857. The second kappa shape index (κ2) is 8.66. The summed E-state index contributed by atoms with van der Waals surface area (Å²) in [5, 5.41) is 3.39. The summed E-state index contributed by atoms with van der Waals surface area (Å²) in [6, 6.07) is 9.96. The van der Waals surface area contributed by atoms with E-state index in [2.05, 4.69) is 10.3 Å². The molecule has 1 aromatic carbocycles. The summed E-state index contributed by atoms with van der Waals surface area (Å²) >= 11 is 1.41. The average Bonchev–Trinajstić information content (AvgIpc) is 3.27. The molecule has 3 rings (SSSR count). The molecule has 0 saturated carbocycles. The van der Waals surface area contributed by atoms with Crippen molar-refractivity contribution in [3.63, 3.8) is 0 Å². The summed E-state index contributed by atoms with van der Waals surface area (Å²) in [7, 11) is 0. The number of aromatic nitrogens is 1. The van der Waals surface area contributed by atoms with E-state index < -0.39 is 0 Å². The highest BCUT2D eigenvalue weighted by Crippen LogP contribution is 2.25. The highest BCUT2D eigenvalue weighted by atomic mass is 32.1. The topological polar surface area (TPSA) is 51.2 Å². The monoisotopic (exact) mass is 320 g/mol. The van der Waals surface area contributed by atoms with Crippen molar-refractivity contribution in [2.45, 2.75) is 32.8 Å². The van der Waals surface area contributed by atoms with Crippen LogP contribution in [0.1, 0.15) is 37.9 Å². The van der Waals surface area contributed by atoms with Gasteiger partial charge in [-0.05, 0) is 18.4 Å². The number of hydrogen-bond donors (Lipinski definition) is 1. The zero-order chi connectivity index (χ0) is 15.8. The van der Waals surface area contributed by atoms with Crippen LogP contribution in [0, 0.1) is 0 Å². The third kappa shape index (κ3) is 4.39. The van der Waals surface area contributed by atoms with E-state index in [1.807, 2.05) is 44.2 Å². The zero-order valence-electron chi connectivity index (χ0n) is 13.0. The molecular formula is C17H24N2O2S. The highest BCUT2D eigenvalue weighted by Gasteiger charge is 2.18. The number of amides is 1. The van der Waals surface area contributed by atoms with Crippen molar-refractivity contribution in [2.24, 2.45) is 0 Å². The summed E-state index contributed by atoms with van der Waals surface area (Å²) in [5.74, 6) is -0.118. The van der Waals surface area contributed by atoms with Gasteiger partial charge in [0.25, 0.3) is 5.91 Å². The van der Waals surface area contributed by atoms with E-state index in [0.717, 1.165) is 29.9 Å². The standard InChI is InChI=1S/C15H16N2O2S.C2H6.H2/c18-14(16-9-12-7-4-8-19-12)15-17-10-13(20-15)11-5-2-1-3-6-11;1-2;/h1-3,5-6,10,12H,4,7-9H2,(H,16,18);1-2H3;1H. The Morgan fingerprint density at radius 1 is 1.41 bits per heavy atom. The molecule has 1 atom stereocenters. The third-order valence-corrected chi connectivity index (χ3v) is 4.32. The van der Waals surface area contributed by atoms with Crippen molar-refractivity contribution < 1.29 is 11.0 Å². The van der Waals surface area contributed by atoms with Crippen molar-refractivity contribution >= 4 is 17.2 Å². The number of hydrogen-bond acceptors (Lipinski definition) is 4. The van der Waals surface area contributed by atoms with Crippen molar-refractivity contribution in [2.75, 3.05) is 13.2 Å². The lowest BCUT2D eigenvalue weighted by Crippen LogP contribution is -2.31.